The van der Waals surface area contributed by atoms with Crippen LogP contribution in [0.25, 0.3) is 11.0 Å². The van der Waals surface area contributed by atoms with Crippen molar-refractivity contribution >= 4 is 16.8 Å². The molecule has 9 heteroatoms. The van der Waals surface area contributed by atoms with E-state index in [1.165, 1.54) is 0 Å². The molecule has 1 aliphatic carbocycles. The number of nitrogens with zero attached hydrogens (tertiary/aromatic N) is 4. The molecular formula is C26H29N5O4. The normalized spacial score (nSPS) is 21.5. The van der Waals surface area contributed by atoms with Gasteiger partial charge in [0.05, 0.1) is 30.0 Å². The number of ether oxygens (including phenoxy) is 3. The third-order valence-corrected chi connectivity index (χ3v) is 7.15. The molecule has 3 aromatic heterocycles. The summed E-state index contributed by atoms with van der Waals surface area (Å²) in [5.74, 6) is 2.90. The molecule has 182 valence electrons. The zero-order chi connectivity index (χ0) is 23.8. The highest BCUT2D eigenvalue weighted by Crippen LogP contribution is 2.38. The molecule has 2 aliphatic heterocycles. The lowest BCUT2D eigenvalue weighted by Gasteiger charge is -2.21. The molecule has 1 unspecified atom stereocenters. The smallest absolute Gasteiger partial charge is 0.213 e. The van der Waals surface area contributed by atoms with Crippen LogP contribution in [-0.4, -0.2) is 72.1 Å². The van der Waals surface area contributed by atoms with Gasteiger partial charge in [-0.1, -0.05) is 0 Å². The largest absolute Gasteiger partial charge is 0.486 e. The molecule has 3 aromatic rings. The Morgan fingerprint density at radius 1 is 1.17 bits per heavy atom. The van der Waals surface area contributed by atoms with Crippen LogP contribution in [0.1, 0.15) is 40.4 Å². The Labute approximate surface area is 203 Å². The van der Waals surface area contributed by atoms with Crippen molar-refractivity contribution in [3.63, 3.8) is 0 Å². The number of carbonyl (C=O) groups excluding carboxylic acids is 1. The van der Waals surface area contributed by atoms with Gasteiger partial charge in [0, 0.05) is 55.9 Å². The fourth-order valence-electron chi connectivity index (χ4n) is 5.46. The molecule has 3 aliphatic rings. The van der Waals surface area contributed by atoms with Gasteiger partial charge in [-0.3, -0.25) is 14.8 Å². The Balaban J connectivity index is 1.07. The Morgan fingerprint density at radius 3 is 2.94 bits per heavy atom. The minimum Gasteiger partial charge on any atom is -0.486 e. The fraction of sp³-hybridized carbons (Fsp3) is 0.462. The van der Waals surface area contributed by atoms with Crippen molar-refractivity contribution in [1.29, 1.82) is 0 Å². The summed E-state index contributed by atoms with van der Waals surface area (Å²) >= 11 is 0. The average Bonchev–Trinajstić information content (AvgIpc) is 3.47. The molecule has 2 atom stereocenters. The van der Waals surface area contributed by atoms with Crippen LogP contribution in [-0.2, 0) is 6.54 Å². The average molecular weight is 476 g/mol. The van der Waals surface area contributed by atoms with Gasteiger partial charge in [0.25, 0.3) is 0 Å². The first-order valence-corrected chi connectivity index (χ1v) is 12.2. The second-order valence-electron chi connectivity index (χ2n) is 9.50. The lowest BCUT2D eigenvalue weighted by Crippen LogP contribution is -2.29. The number of likely N-dealkylation sites (tertiary alicyclic amines) is 1. The molecule has 0 aromatic carbocycles. The number of ketones is 1. The van der Waals surface area contributed by atoms with Gasteiger partial charge in [-0.05, 0) is 37.1 Å². The maximum absolute atomic E-state index is 12.7. The summed E-state index contributed by atoms with van der Waals surface area (Å²) in [7, 11) is 1.61. The maximum Gasteiger partial charge on any atom is 0.213 e. The summed E-state index contributed by atoms with van der Waals surface area (Å²) in [6.07, 6.45) is 5.12. The quantitative estimate of drug-likeness (QED) is 0.553. The van der Waals surface area contributed by atoms with E-state index in [9.17, 15) is 4.79 Å². The van der Waals surface area contributed by atoms with Crippen molar-refractivity contribution in [3.05, 3.63) is 47.4 Å². The van der Waals surface area contributed by atoms with E-state index < -0.39 is 0 Å². The molecule has 0 bridgehead atoms. The number of Topliss-reactive ketones (excluding diaryl/α,β-unsaturated/α-hetero) is 1. The van der Waals surface area contributed by atoms with Crippen LogP contribution in [0.2, 0.25) is 0 Å². The van der Waals surface area contributed by atoms with E-state index in [0.717, 1.165) is 66.4 Å². The molecule has 0 saturated carbocycles. The maximum atomic E-state index is 12.7. The first-order valence-electron chi connectivity index (χ1n) is 12.2. The van der Waals surface area contributed by atoms with Crippen molar-refractivity contribution < 1.29 is 19.0 Å². The van der Waals surface area contributed by atoms with Gasteiger partial charge in [-0.25, -0.2) is 4.98 Å². The highest BCUT2D eigenvalue weighted by atomic mass is 16.6. The van der Waals surface area contributed by atoms with Gasteiger partial charge < -0.3 is 24.4 Å². The number of aromatic nitrogens is 3. The third-order valence-electron chi connectivity index (χ3n) is 7.15. The van der Waals surface area contributed by atoms with Crippen LogP contribution in [0, 0.1) is 5.92 Å². The second-order valence-corrected chi connectivity index (χ2v) is 9.50. The molecule has 1 fully saturated rings. The van der Waals surface area contributed by atoms with E-state index in [1.807, 2.05) is 18.2 Å². The van der Waals surface area contributed by atoms with E-state index in [0.29, 0.717) is 43.5 Å². The highest BCUT2D eigenvalue weighted by Gasteiger charge is 2.35. The van der Waals surface area contributed by atoms with Crippen LogP contribution in [0.5, 0.6) is 17.4 Å². The zero-order valence-electron chi connectivity index (χ0n) is 19.8. The summed E-state index contributed by atoms with van der Waals surface area (Å²) in [6, 6.07) is 5.68. The van der Waals surface area contributed by atoms with Gasteiger partial charge in [-0.15, -0.1) is 0 Å². The molecule has 6 rings (SSSR count). The molecular weight excluding hydrogens is 446 g/mol. The van der Waals surface area contributed by atoms with Crippen LogP contribution >= 0.6 is 0 Å². The number of hydrogen-bond donors (Lipinski definition) is 1. The Morgan fingerprint density at radius 2 is 2.06 bits per heavy atom. The minimum atomic E-state index is 0.135. The molecule has 0 spiro atoms. The minimum absolute atomic E-state index is 0.135. The van der Waals surface area contributed by atoms with Crippen LogP contribution in [0.3, 0.4) is 0 Å². The SMILES string of the molecule is COc1ccc2ncc3c(c2n1)C(CN1CC[C@@H](CNCc2cc4c(cn2)OCCO4)C1)CC3=O. The van der Waals surface area contributed by atoms with Crippen molar-refractivity contribution in [1.82, 2.24) is 25.2 Å². The molecule has 9 nitrogen and oxygen atoms in total. The van der Waals surface area contributed by atoms with Gasteiger partial charge in [-0.2, -0.15) is 0 Å². The third kappa shape index (κ3) is 4.41. The summed E-state index contributed by atoms with van der Waals surface area (Å²) in [4.78, 5) is 28.8. The first kappa shape index (κ1) is 22.2. The number of hydrogen-bond acceptors (Lipinski definition) is 9. The van der Waals surface area contributed by atoms with Crippen molar-refractivity contribution in [2.75, 3.05) is 46.5 Å². The first-order chi connectivity index (χ1) is 17.2. The van der Waals surface area contributed by atoms with E-state index >= 15 is 0 Å². The summed E-state index contributed by atoms with van der Waals surface area (Å²) < 4.78 is 16.5. The molecule has 1 N–H and O–H groups in total. The number of carbonyl (C=O) groups is 1. The van der Waals surface area contributed by atoms with Crippen LogP contribution in [0.4, 0.5) is 0 Å². The Kier molecular flexibility index (Phi) is 5.95. The van der Waals surface area contributed by atoms with Gasteiger partial charge in [0.2, 0.25) is 5.88 Å². The summed E-state index contributed by atoms with van der Waals surface area (Å²) in [5.41, 5.74) is 4.30. The topological polar surface area (TPSA) is 98.7 Å². The van der Waals surface area contributed by atoms with Crippen molar-refractivity contribution in [3.8, 4) is 17.4 Å². The summed E-state index contributed by atoms with van der Waals surface area (Å²) in [6.45, 7) is 5.69. The van der Waals surface area contributed by atoms with Crippen molar-refractivity contribution in [2.45, 2.75) is 25.3 Å². The highest BCUT2D eigenvalue weighted by molar-refractivity contribution is 6.05. The number of pyridine rings is 3. The number of nitrogens with one attached hydrogen (secondary N) is 1. The standard InChI is InChI=1S/C26H29N5O4/c1-33-24-3-2-20-26(30-24)25-17(8-21(32)19(25)12-29-20)15-31-5-4-16(14-31)10-27-11-18-9-22-23(13-28-18)35-7-6-34-22/h2-3,9,12-13,16-17,27H,4-8,10-11,14-15H2,1H3/t16-,17?/m0/s1. The molecule has 1 saturated heterocycles. The lowest BCUT2D eigenvalue weighted by molar-refractivity contribution is 0.0984. The molecule has 0 amide bonds. The predicted octanol–water partition coefficient (Wildman–Crippen LogP) is 2.59. The zero-order valence-corrected chi connectivity index (χ0v) is 19.8. The second kappa shape index (κ2) is 9.39. The van der Waals surface area contributed by atoms with E-state index in [-0.39, 0.29) is 11.7 Å². The van der Waals surface area contributed by atoms with Gasteiger partial charge >= 0.3 is 0 Å². The van der Waals surface area contributed by atoms with Crippen LogP contribution in [0.15, 0.2) is 30.6 Å². The molecule has 5 heterocycles. The Hall–Kier alpha value is -3.30. The van der Waals surface area contributed by atoms with E-state index in [4.69, 9.17) is 14.2 Å². The number of fused-ring (bicyclic) bond motifs is 4. The van der Waals surface area contributed by atoms with Crippen LogP contribution < -0.4 is 19.5 Å². The van der Waals surface area contributed by atoms with Crippen molar-refractivity contribution in [2.24, 2.45) is 5.92 Å². The monoisotopic (exact) mass is 475 g/mol. The predicted molar refractivity (Wildman–Crippen MR) is 129 cm³/mol. The van der Waals surface area contributed by atoms with Gasteiger partial charge in [0.1, 0.15) is 13.2 Å². The van der Waals surface area contributed by atoms with E-state index in [1.54, 1.807) is 19.5 Å². The number of rotatable bonds is 7. The fourth-order valence-corrected chi connectivity index (χ4v) is 5.46. The molecule has 0 radical (unpaired) electrons. The number of methoxy groups -OCH3 is 1. The summed E-state index contributed by atoms with van der Waals surface area (Å²) in [5, 5.41) is 3.55. The van der Waals surface area contributed by atoms with Gasteiger partial charge in [0.15, 0.2) is 17.3 Å². The molecule has 35 heavy (non-hydrogen) atoms. The Bertz CT molecular complexity index is 1270. The van der Waals surface area contributed by atoms with E-state index in [2.05, 4.69) is 25.2 Å². The lowest BCUT2D eigenvalue weighted by atomic mass is 9.99.